The van der Waals surface area contributed by atoms with Crippen LogP contribution in [0.1, 0.15) is 22.8 Å². The summed E-state index contributed by atoms with van der Waals surface area (Å²) in [7, 11) is 1.78. The normalized spacial score (nSPS) is 11.4. The van der Waals surface area contributed by atoms with Crippen LogP contribution in [-0.4, -0.2) is 42.7 Å². The Balaban J connectivity index is 1.91. The van der Waals surface area contributed by atoms with Crippen molar-refractivity contribution >= 4 is 22.7 Å². The Bertz CT molecular complexity index is 868. The first-order valence-corrected chi connectivity index (χ1v) is 9.94. The van der Waals surface area contributed by atoms with Crippen LogP contribution in [0.2, 0.25) is 0 Å². The summed E-state index contributed by atoms with van der Waals surface area (Å²) < 4.78 is 27.5. The van der Waals surface area contributed by atoms with Crippen LogP contribution in [0.3, 0.4) is 0 Å². The maximum Gasteiger partial charge on any atom is 0.339 e. The molecule has 1 atom stereocenters. The van der Waals surface area contributed by atoms with Gasteiger partial charge in [-0.25, -0.2) is 4.79 Å². The second-order valence-corrected chi connectivity index (χ2v) is 7.38. The van der Waals surface area contributed by atoms with Gasteiger partial charge in [0.05, 0.1) is 35.5 Å². The summed E-state index contributed by atoms with van der Waals surface area (Å²) in [5.41, 5.74) is 1.01. The van der Waals surface area contributed by atoms with Crippen LogP contribution >= 0.6 is 0 Å². The van der Waals surface area contributed by atoms with E-state index in [2.05, 4.69) is 5.32 Å². The Morgan fingerprint density at radius 1 is 1.04 bits per heavy atom. The highest BCUT2D eigenvalue weighted by molar-refractivity contribution is 7.85. The van der Waals surface area contributed by atoms with Crippen LogP contribution in [0.5, 0.6) is 11.5 Å². The molecule has 0 aliphatic heterocycles. The molecule has 0 heterocycles. The van der Waals surface area contributed by atoms with Gasteiger partial charge in [-0.1, -0.05) is 25.1 Å². The second kappa shape index (κ2) is 10.5. The lowest BCUT2D eigenvalue weighted by atomic mass is 10.2. The highest BCUT2D eigenvalue weighted by Crippen LogP contribution is 2.27. The monoisotopic (exact) mass is 405 g/mol. The summed E-state index contributed by atoms with van der Waals surface area (Å²) in [6.45, 7) is 1.58. The van der Waals surface area contributed by atoms with Crippen molar-refractivity contribution in [2.45, 2.75) is 18.4 Å². The molecule has 0 saturated carbocycles. The van der Waals surface area contributed by atoms with E-state index in [1.165, 1.54) is 13.2 Å². The van der Waals surface area contributed by atoms with Gasteiger partial charge in [-0.2, -0.15) is 0 Å². The topological polar surface area (TPSA) is 90.9 Å². The lowest BCUT2D eigenvalue weighted by Crippen LogP contribution is -2.28. The largest absolute Gasteiger partial charge is 0.493 e. The highest BCUT2D eigenvalue weighted by Gasteiger charge is 2.17. The van der Waals surface area contributed by atoms with Gasteiger partial charge in [0.2, 0.25) is 0 Å². The number of carbonyl (C=O) groups is 2. The Morgan fingerprint density at radius 2 is 1.75 bits per heavy atom. The van der Waals surface area contributed by atoms with Crippen molar-refractivity contribution in [3.63, 3.8) is 0 Å². The number of nitrogens with one attached hydrogen (secondary N) is 1. The molecule has 7 nitrogen and oxygen atoms in total. The number of hydrogen-bond donors (Lipinski definition) is 1. The van der Waals surface area contributed by atoms with Crippen LogP contribution < -0.4 is 14.8 Å². The van der Waals surface area contributed by atoms with Crippen LogP contribution in [0.4, 0.5) is 0 Å². The molecule has 1 amide bonds. The van der Waals surface area contributed by atoms with E-state index in [-0.39, 0.29) is 12.1 Å². The molecule has 0 aliphatic rings. The van der Waals surface area contributed by atoms with E-state index in [0.717, 1.165) is 5.56 Å². The van der Waals surface area contributed by atoms with Gasteiger partial charge >= 0.3 is 5.97 Å². The highest BCUT2D eigenvalue weighted by atomic mass is 32.2. The summed E-state index contributed by atoms with van der Waals surface area (Å²) >= 11 is 0. The first-order chi connectivity index (χ1) is 13.5. The van der Waals surface area contributed by atoms with Crippen molar-refractivity contribution in [2.75, 3.05) is 26.6 Å². The average molecular weight is 405 g/mol. The van der Waals surface area contributed by atoms with Gasteiger partial charge in [-0.3, -0.25) is 9.00 Å². The number of hydrogen-bond acceptors (Lipinski definition) is 6. The molecule has 1 N–H and O–H groups in total. The fourth-order valence-electron chi connectivity index (χ4n) is 2.44. The van der Waals surface area contributed by atoms with Gasteiger partial charge < -0.3 is 19.5 Å². The van der Waals surface area contributed by atoms with E-state index in [4.69, 9.17) is 14.2 Å². The summed E-state index contributed by atoms with van der Waals surface area (Å²) in [4.78, 5) is 24.7. The number of carbonyl (C=O) groups excluding carboxylic acids is 2. The van der Waals surface area contributed by atoms with E-state index in [0.29, 0.717) is 22.1 Å². The van der Waals surface area contributed by atoms with Crippen LogP contribution in [0.15, 0.2) is 47.4 Å². The van der Waals surface area contributed by atoms with Gasteiger partial charge in [0.25, 0.3) is 5.91 Å². The van der Waals surface area contributed by atoms with Crippen molar-refractivity contribution in [1.29, 1.82) is 0 Å². The molecule has 8 heteroatoms. The summed E-state index contributed by atoms with van der Waals surface area (Å²) in [6, 6.07) is 11.8. The van der Waals surface area contributed by atoms with Crippen molar-refractivity contribution in [1.82, 2.24) is 5.32 Å². The molecule has 2 rings (SSSR count). The lowest BCUT2D eigenvalue weighted by Gasteiger charge is -2.11. The van der Waals surface area contributed by atoms with Gasteiger partial charge in [0, 0.05) is 12.3 Å². The van der Waals surface area contributed by atoms with Gasteiger partial charge in [-0.05, 0) is 29.8 Å². The lowest BCUT2D eigenvalue weighted by molar-refractivity contribution is -0.124. The third-order valence-corrected chi connectivity index (χ3v) is 5.26. The molecule has 2 aromatic rings. The number of ether oxygens (including phenoxy) is 3. The zero-order valence-corrected chi connectivity index (χ0v) is 16.8. The number of amides is 1. The average Bonchev–Trinajstić information content (AvgIpc) is 2.75. The maximum atomic E-state index is 12.3. The molecule has 0 aliphatic carbocycles. The molecule has 0 radical (unpaired) electrons. The molecule has 0 bridgehead atoms. The molecule has 0 spiro atoms. The fourth-order valence-corrected chi connectivity index (χ4v) is 3.38. The fraction of sp³-hybridized carbons (Fsp3) is 0.300. The third kappa shape index (κ3) is 5.56. The third-order valence-electron chi connectivity index (χ3n) is 3.89. The van der Waals surface area contributed by atoms with Crippen LogP contribution in [0.25, 0.3) is 0 Å². The molecule has 0 saturated heterocycles. The van der Waals surface area contributed by atoms with Gasteiger partial charge in [-0.15, -0.1) is 0 Å². The van der Waals surface area contributed by atoms with Crippen molar-refractivity contribution < 1.29 is 28.0 Å². The first kappa shape index (κ1) is 21.4. The molecule has 0 aromatic heterocycles. The van der Waals surface area contributed by atoms with Crippen molar-refractivity contribution in [2.24, 2.45) is 0 Å². The minimum absolute atomic E-state index is 0.204. The van der Waals surface area contributed by atoms with E-state index in [9.17, 15) is 13.8 Å². The quantitative estimate of drug-likeness (QED) is 0.644. The molecular weight excluding hydrogens is 382 g/mol. The smallest absolute Gasteiger partial charge is 0.339 e. The van der Waals surface area contributed by atoms with E-state index < -0.39 is 29.3 Å². The number of benzene rings is 2. The van der Waals surface area contributed by atoms with Gasteiger partial charge in [0.15, 0.2) is 18.1 Å². The summed E-state index contributed by atoms with van der Waals surface area (Å²) in [6.07, 6.45) is 0. The molecule has 2 aromatic carbocycles. The predicted octanol–water partition coefficient (Wildman–Crippen LogP) is 2.30. The van der Waals surface area contributed by atoms with E-state index >= 15 is 0 Å². The Morgan fingerprint density at radius 3 is 2.43 bits per heavy atom. The SMILES string of the molecule is CC[S@@](=O)c1ccccc1C(=O)OCC(=O)NCc1ccc(OC)c(OC)c1. The van der Waals surface area contributed by atoms with Gasteiger partial charge in [0.1, 0.15) is 0 Å². The molecule has 28 heavy (non-hydrogen) atoms. The maximum absolute atomic E-state index is 12.3. The minimum Gasteiger partial charge on any atom is -0.493 e. The number of rotatable bonds is 9. The van der Waals surface area contributed by atoms with Crippen molar-refractivity contribution in [3.8, 4) is 11.5 Å². The van der Waals surface area contributed by atoms with E-state index in [1.54, 1.807) is 50.4 Å². The predicted molar refractivity (Wildman–Crippen MR) is 105 cm³/mol. The number of esters is 1. The summed E-state index contributed by atoms with van der Waals surface area (Å²) in [5, 5.41) is 2.67. The molecular formula is C20H23NO6S. The van der Waals surface area contributed by atoms with Crippen LogP contribution in [-0.2, 0) is 26.9 Å². The second-order valence-electron chi connectivity index (χ2n) is 5.67. The van der Waals surface area contributed by atoms with Crippen molar-refractivity contribution in [3.05, 3.63) is 53.6 Å². The van der Waals surface area contributed by atoms with E-state index in [1.807, 2.05) is 0 Å². The summed E-state index contributed by atoms with van der Waals surface area (Å²) in [5.74, 6) is 0.405. The molecule has 0 unspecified atom stereocenters. The Labute approximate surface area is 166 Å². The number of methoxy groups -OCH3 is 2. The first-order valence-electron chi connectivity index (χ1n) is 8.62. The zero-order chi connectivity index (χ0) is 20.5. The molecule has 0 fully saturated rings. The Kier molecular flexibility index (Phi) is 8.01. The minimum atomic E-state index is -1.29. The Hall–Kier alpha value is -2.87. The molecule has 150 valence electrons. The standard InChI is InChI=1S/C20H23NO6S/c1-4-28(24)18-8-6-5-7-15(18)20(23)27-13-19(22)21-12-14-9-10-16(25-2)17(11-14)26-3/h5-11H,4,12-13H2,1-3H3,(H,21,22)/t28-/m1/s1. The zero-order valence-electron chi connectivity index (χ0n) is 16.0. The van der Waals surface area contributed by atoms with Crippen LogP contribution in [0, 0.1) is 0 Å².